The van der Waals surface area contributed by atoms with Gasteiger partial charge in [0.25, 0.3) is 5.91 Å². The van der Waals surface area contributed by atoms with Gasteiger partial charge in [-0.25, -0.2) is 0 Å². The lowest BCUT2D eigenvalue weighted by molar-refractivity contribution is 0.0753. The quantitative estimate of drug-likeness (QED) is 0.817. The van der Waals surface area contributed by atoms with Crippen LogP contribution in [0.4, 0.5) is 0 Å². The fourth-order valence-electron chi connectivity index (χ4n) is 2.82. The van der Waals surface area contributed by atoms with Gasteiger partial charge in [-0.2, -0.15) is 0 Å². The zero-order valence-corrected chi connectivity index (χ0v) is 15.2. The number of hydrogen-bond acceptors (Lipinski definition) is 6. The first kappa shape index (κ1) is 17.4. The van der Waals surface area contributed by atoms with Crippen molar-refractivity contribution >= 4 is 17.7 Å². The Hall–Kier alpha value is -2.41. The van der Waals surface area contributed by atoms with Gasteiger partial charge in [-0.05, 0) is 18.2 Å². The van der Waals surface area contributed by atoms with Crippen molar-refractivity contribution in [1.29, 1.82) is 0 Å². The number of carbonyl (C=O) groups is 1. The summed E-state index contributed by atoms with van der Waals surface area (Å²) in [6.07, 6.45) is 1.63. The third-order valence-corrected chi connectivity index (χ3v) is 5.28. The van der Waals surface area contributed by atoms with Crippen LogP contribution in [-0.2, 0) is 0 Å². The molecule has 7 heteroatoms. The molecule has 1 aliphatic heterocycles. The van der Waals surface area contributed by atoms with Crippen LogP contribution in [0.2, 0.25) is 0 Å². The van der Waals surface area contributed by atoms with Crippen LogP contribution < -0.4 is 14.2 Å². The van der Waals surface area contributed by atoms with E-state index in [0.29, 0.717) is 29.5 Å². The van der Waals surface area contributed by atoms with Crippen LogP contribution in [-0.4, -0.2) is 49.4 Å². The molecular weight excluding hydrogens is 340 g/mol. The number of ether oxygens (including phenoxy) is 3. The minimum absolute atomic E-state index is 0.0903. The molecule has 0 spiro atoms. The number of rotatable bonds is 5. The number of carbonyl (C=O) groups excluding carboxylic acids is 1. The molecule has 1 aliphatic rings. The van der Waals surface area contributed by atoms with E-state index in [4.69, 9.17) is 14.2 Å². The van der Waals surface area contributed by atoms with Gasteiger partial charge >= 0.3 is 0 Å². The number of hydrogen-bond donors (Lipinski definition) is 0. The van der Waals surface area contributed by atoms with Crippen LogP contribution in [0.15, 0.2) is 36.5 Å². The first-order valence-corrected chi connectivity index (χ1v) is 8.88. The Labute approximate surface area is 151 Å². The fourth-order valence-corrected chi connectivity index (χ4v) is 4.09. The van der Waals surface area contributed by atoms with Gasteiger partial charge in [-0.3, -0.25) is 9.78 Å². The maximum atomic E-state index is 12.9. The minimum Gasteiger partial charge on any atom is -0.496 e. The summed E-state index contributed by atoms with van der Waals surface area (Å²) in [5.41, 5.74) is 1.32. The number of amides is 1. The molecule has 1 atom stereocenters. The summed E-state index contributed by atoms with van der Waals surface area (Å²) in [6.45, 7) is 0.655. The lowest BCUT2D eigenvalue weighted by Crippen LogP contribution is -2.31. The normalized spacial score (nSPS) is 16.6. The van der Waals surface area contributed by atoms with Crippen LogP contribution in [0.25, 0.3) is 0 Å². The smallest absolute Gasteiger partial charge is 0.273 e. The molecular formula is C18H20N2O4S. The first-order valence-electron chi connectivity index (χ1n) is 7.83. The molecule has 1 saturated heterocycles. The Bertz CT molecular complexity index is 754. The summed E-state index contributed by atoms with van der Waals surface area (Å²) >= 11 is 1.69. The Balaban J connectivity index is 1.98. The summed E-state index contributed by atoms with van der Waals surface area (Å²) in [6, 6.07) is 9.00. The van der Waals surface area contributed by atoms with Gasteiger partial charge in [0.1, 0.15) is 16.8 Å². The largest absolute Gasteiger partial charge is 0.496 e. The monoisotopic (exact) mass is 360 g/mol. The van der Waals surface area contributed by atoms with Crippen molar-refractivity contribution in [3.8, 4) is 17.2 Å². The second-order valence-corrected chi connectivity index (χ2v) is 6.57. The summed E-state index contributed by atoms with van der Waals surface area (Å²) < 4.78 is 16.3. The molecule has 1 aromatic carbocycles. The van der Waals surface area contributed by atoms with Crippen LogP contribution in [0.5, 0.6) is 17.2 Å². The van der Waals surface area contributed by atoms with E-state index in [1.54, 1.807) is 57.5 Å². The molecule has 2 heterocycles. The van der Waals surface area contributed by atoms with E-state index in [-0.39, 0.29) is 11.3 Å². The van der Waals surface area contributed by atoms with Crippen molar-refractivity contribution in [2.45, 2.75) is 5.37 Å². The van der Waals surface area contributed by atoms with Crippen molar-refractivity contribution in [2.24, 2.45) is 0 Å². The molecule has 6 nitrogen and oxygen atoms in total. The van der Waals surface area contributed by atoms with Crippen LogP contribution in [0, 0.1) is 0 Å². The van der Waals surface area contributed by atoms with Gasteiger partial charge in [-0.1, -0.05) is 6.07 Å². The predicted octanol–water partition coefficient (Wildman–Crippen LogP) is 3.00. The zero-order chi connectivity index (χ0) is 17.8. The Kier molecular flexibility index (Phi) is 5.33. The molecule has 3 rings (SSSR count). The van der Waals surface area contributed by atoms with E-state index in [1.807, 2.05) is 17.0 Å². The second kappa shape index (κ2) is 7.65. The van der Waals surface area contributed by atoms with Crippen LogP contribution in [0.1, 0.15) is 21.4 Å². The van der Waals surface area contributed by atoms with E-state index in [2.05, 4.69) is 4.98 Å². The summed E-state index contributed by atoms with van der Waals surface area (Å²) in [5, 5.41) is -0.163. The van der Waals surface area contributed by atoms with E-state index >= 15 is 0 Å². The van der Waals surface area contributed by atoms with Crippen LogP contribution in [0.3, 0.4) is 0 Å². The van der Waals surface area contributed by atoms with Gasteiger partial charge in [0.2, 0.25) is 0 Å². The highest BCUT2D eigenvalue weighted by molar-refractivity contribution is 7.99. The van der Waals surface area contributed by atoms with Gasteiger partial charge in [0.05, 0.1) is 21.3 Å². The average molecular weight is 360 g/mol. The number of aromatic nitrogens is 1. The molecule has 0 radical (unpaired) electrons. The van der Waals surface area contributed by atoms with Crippen molar-refractivity contribution in [3.05, 3.63) is 47.8 Å². The third-order valence-electron chi connectivity index (χ3n) is 4.04. The Morgan fingerprint density at radius 1 is 1.12 bits per heavy atom. The highest BCUT2D eigenvalue weighted by Gasteiger charge is 2.34. The number of benzene rings is 1. The second-order valence-electron chi connectivity index (χ2n) is 5.39. The van der Waals surface area contributed by atoms with E-state index in [0.717, 1.165) is 11.3 Å². The Morgan fingerprint density at radius 2 is 1.84 bits per heavy atom. The number of nitrogens with zero attached hydrogens (tertiary/aromatic N) is 2. The van der Waals surface area contributed by atoms with Gasteiger partial charge in [-0.15, -0.1) is 11.8 Å². The lowest BCUT2D eigenvalue weighted by atomic mass is 10.1. The molecule has 0 saturated carbocycles. The molecule has 1 amide bonds. The summed E-state index contributed by atoms with van der Waals surface area (Å²) in [4.78, 5) is 18.9. The van der Waals surface area contributed by atoms with E-state index in [9.17, 15) is 4.79 Å². The van der Waals surface area contributed by atoms with E-state index in [1.165, 1.54) is 0 Å². The summed E-state index contributed by atoms with van der Waals surface area (Å²) in [7, 11) is 4.78. The molecule has 25 heavy (non-hydrogen) atoms. The zero-order valence-electron chi connectivity index (χ0n) is 14.4. The third kappa shape index (κ3) is 3.37. The predicted molar refractivity (Wildman–Crippen MR) is 96.6 cm³/mol. The SMILES string of the molecule is COc1cc(OC)c(C2SCCN2C(=O)c2ccccn2)cc1OC. The molecule has 0 N–H and O–H groups in total. The standard InChI is InChI=1S/C18H20N2O4S/c1-22-14-11-16(24-3)15(23-2)10-12(14)18-20(8-9-25-18)17(21)13-6-4-5-7-19-13/h4-7,10-11,18H,8-9H2,1-3H3. The van der Waals surface area contributed by atoms with Crippen LogP contribution >= 0.6 is 11.8 Å². The molecule has 2 aromatic rings. The maximum Gasteiger partial charge on any atom is 0.273 e. The van der Waals surface area contributed by atoms with Crippen molar-refractivity contribution < 1.29 is 19.0 Å². The van der Waals surface area contributed by atoms with Crippen molar-refractivity contribution in [2.75, 3.05) is 33.6 Å². The molecule has 0 bridgehead atoms. The number of methoxy groups -OCH3 is 3. The maximum absolute atomic E-state index is 12.9. The highest BCUT2D eigenvalue weighted by atomic mass is 32.2. The lowest BCUT2D eigenvalue weighted by Gasteiger charge is -2.26. The van der Waals surface area contributed by atoms with Gasteiger partial charge in [0, 0.05) is 30.1 Å². The van der Waals surface area contributed by atoms with Gasteiger partial charge in [0.15, 0.2) is 11.5 Å². The number of thioether (sulfide) groups is 1. The average Bonchev–Trinajstić information content (AvgIpc) is 3.16. The first-order chi connectivity index (χ1) is 12.2. The Morgan fingerprint density at radius 3 is 2.48 bits per heavy atom. The fraction of sp³-hybridized carbons (Fsp3) is 0.333. The molecule has 132 valence electrons. The molecule has 1 fully saturated rings. The molecule has 1 aromatic heterocycles. The molecule has 1 unspecified atom stereocenters. The van der Waals surface area contributed by atoms with E-state index < -0.39 is 0 Å². The summed E-state index contributed by atoms with van der Waals surface area (Å²) in [5.74, 6) is 2.62. The number of pyridine rings is 1. The van der Waals surface area contributed by atoms with Crippen molar-refractivity contribution in [3.63, 3.8) is 0 Å². The topological polar surface area (TPSA) is 60.9 Å². The highest BCUT2D eigenvalue weighted by Crippen LogP contribution is 2.46. The minimum atomic E-state index is -0.163. The van der Waals surface area contributed by atoms with Crippen molar-refractivity contribution in [1.82, 2.24) is 9.88 Å². The molecule has 0 aliphatic carbocycles. The van der Waals surface area contributed by atoms with Gasteiger partial charge < -0.3 is 19.1 Å².